The lowest BCUT2D eigenvalue weighted by molar-refractivity contribution is 0.348. The second-order valence-electron chi connectivity index (χ2n) is 3.33. The Kier molecular flexibility index (Phi) is 3.96. The molecule has 0 fully saturated rings. The summed E-state index contributed by atoms with van der Waals surface area (Å²) in [7, 11) is 0. The van der Waals surface area contributed by atoms with Gasteiger partial charge in [0.25, 0.3) is 0 Å². The van der Waals surface area contributed by atoms with Crippen molar-refractivity contribution in [2.24, 2.45) is 0 Å². The first-order valence-electron chi connectivity index (χ1n) is 4.62. The molecule has 0 radical (unpaired) electrons. The lowest BCUT2D eigenvalue weighted by Crippen LogP contribution is -1.94. The van der Waals surface area contributed by atoms with Crippen molar-refractivity contribution in [3.63, 3.8) is 0 Å². The third kappa shape index (κ3) is 3.92. The number of aryl methyl sites for hydroxylation is 1. The van der Waals surface area contributed by atoms with Crippen LogP contribution in [0.15, 0.2) is 35.7 Å². The SMILES string of the molecule is CC(C)=C=CCOc1ccc(C)cn1. The average Bonchev–Trinajstić information content (AvgIpc) is 2.15. The molecule has 0 bridgehead atoms. The topological polar surface area (TPSA) is 22.1 Å². The van der Waals surface area contributed by atoms with Crippen molar-refractivity contribution >= 4 is 0 Å². The molecule has 1 rings (SSSR count). The Hall–Kier alpha value is -1.53. The third-order valence-corrected chi connectivity index (χ3v) is 1.59. The summed E-state index contributed by atoms with van der Waals surface area (Å²) in [5, 5.41) is 0. The number of hydrogen-bond donors (Lipinski definition) is 0. The Balaban J connectivity index is 2.47. The summed E-state index contributed by atoms with van der Waals surface area (Å²) in [5.74, 6) is 0.655. The van der Waals surface area contributed by atoms with Crippen LogP contribution in [-0.4, -0.2) is 11.6 Å². The van der Waals surface area contributed by atoms with Crippen LogP contribution in [-0.2, 0) is 0 Å². The van der Waals surface area contributed by atoms with E-state index in [9.17, 15) is 0 Å². The highest BCUT2D eigenvalue weighted by Crippen LogP contribution is 2.05. The lowest BCUT2D eigenvalue weighted by Gasteiger charge is -2.00. The van der Waals surface area contributed by atoms with Gasteiger partial charge in [0.05, 0.1) is 0 Å². The van der Waals surface area contributed by atoms with E-state index in [1.807, 2.05) is 39.0 Å². The molecule has 0 spiro atoms. The van der Waals surface area contributed by atoms with Crippen LogP contribution in [0.3, 0.4) is 0 Å². The number of rotatable bonds is 3. The molecule has 0 amide bonds. The molecule has 0 unspecified atom stereocenters. The summed E-state index contributed by atoms with van der Waals surface area (Å²) >= 11 is 0. The number of ether oxygens (including phenoxy) is 1. The van der Waals surface area contributed by atoms with Gasteiger partial charge >= 0.3 is 0 Å². The summed E-state index contributed by atoms with van der Waals surface area (Å²) in [4.78, 5) is 4.12. The van der Waals surface area contributed by atoms with Gasteiger partial charge in [-0.1, -0.05) is 6.07 Å². The molecule has 0 aliphatic rings. The van der Waals surface area contributed by atoms with E-state index in [-0.39, 0.29) is 0 Å². The van der Waals surface area contributed by atoms with E-state index in [4.69, 9.17) is 4.74 Å². The zero-order valence-corrected chi connectivity index (χ0v) is 8.87. The van der Waals surface area contributed by atoms with Crippen molar-refractivity contribution < 1.29 is 4.74 Å². The van der Waals surface area contributed by atoms with Gasteiger partial charge in [0.15, 0.2) is 0 Å². The van der Waals surface area contributed by atoms with Crippen LogP contribution in [0, 0.1) is 6.92 Å². The van der Waals surface area contributed by atoms with Crippen LogP contribution >= 0.6 is 0 Å². The largest absolute Gasteiger partial charge is 0.473 e. The molecule has 0 saturated carbocycles. The molecule has 0 N–H and O–H groups in total. The highest BCUT2D eigenvalue weighted by molar-refractivity contribution is 5.16. The highest BCUT2D eigenvalue weighted by Gasteiger charge is 1.91. The number of aromatic nitrogens is 1. The van der Waals surface area contributed by atoms with Crippen LogP contribution in [0.1, 0.15) is 19.4 Å². The fraction of sp³-hybridized carbons (Fsp3) is 0.333. The van der Waals surface area contributed by atoms with Crippen LogP contribution in [0.4, 0.5) is 0 Å². The van der Waals surface area contributed by atoms with E-state index in [0.717, 1.165) is 11.1 Å². The Morgan fingerprint density at radius 2 is 2.29 bits per heavy atom. The first-order valence-corrected chi connectivity index (χ1v) is 4.62. The smallest absolute Gasteiger partial charge is 0.213 e. The van der Waals surface area contributed by atoms with Gasteiger partial charge in [-0.05, 0) is 38.0 Å². The fourth-order valence-electron chi connectivity index (χ4n) is 0.912. The summed E-state index contributed by atoms with van der Waals surface area (Å²) in [6.07, 6.45) is 3.65. The average molecular weight is 189 g/mol. The van der Waals surface area contributed by atoms with Crippen molar-refractivity contribution in [2.45, 2.75) is 20.8 Å². The van der Waals surface area contributed by atoms with Gasteiger partial charge in [0.1, 0.15) is 6.61 Å². The van der Waals surface area contributed by atoms with Gasteiger partial charge in [-0.3, -0.25) is 0 Å². The molecule has 1 aromatic rings. The normalized spacial score (nSPS) is 9.07. The van der Waals surface area contributed by atoms with Gasteiger partial charge in [-0.2, -0.15) is 0 Å². The van der Waals surface area contributed by atoms with Gasteiger partial charge in [-0.25, -0.2) is 4.98 Å². The molecule has 2 nitrogen and oxygen atoms in total. The minimum Gasteiger partial charge on any atom is -0.473 e. The maximum Gasteiger partial charge on any atom is 0.213 e. The zero-order valence-electron chi connectivity index (χ0n) is 8.87. The summed E-state index contributed by atoms with van der Waals surface area (Å²) in [5.41, 5.74) is 5.35. The molecular weight excluding hydrogens is 174 g/mol. The molecule has 74 valence electrons. The Morgan fingerprint density at radius 1 is 1.50 bits per heavy atom. The van der Waals surface area contributed by atoms with Crippen LogP contribution in [0.25, 0.3) is 0 Å². The molecular formula is C12H15NO. The number of nitrogens with zero attached hydrogens (tertiary/aromatic N) is 1. The maximum absolute atomic E-state index is 5.37. The second-order valence-corrected chi connectivity index (χ2v) is 3.33. The first-order chi connectivity index (χ1) is 6.68. The summed E-state index contributed by atoms with van der Waals surface area (Å²) in [6.45, 7) is 6.52. The monoisotopic (exact) mass is 189 g/mol. The second kappa shape index (κ2) is 5.25. The van der Waals surface area contributed by atoms with Crippen LogP contribution in [0.5, 0.6) is 5.88 Å². The van der Waals surface area contributed by atoms with E-state index < -0.39 is 0 Å². The molecule has 2 heteroatoms. The quantitative estimate of drug-likeness (QED) is 0.682. The minimum absolute atomic E-state index is 0.515. The van der Waals surface area contributed by atoms with Crippen molar-refractivity contribution in [1.29, 1.82) is 0 Å². The van der Waals surface area contributed by atoms with E-state index in [0.29, 0.717) is 12.5 Å². The Labute approximate surface area is 84.9 Å². The molecule has 1 heterocycles. The first kappa shape index (κ1) is 10.6. The Bertz CT molecular complexity index is 341. The Morgan fingerprint density at radius 3 is 2.86 bits per heavy atom. The molecule has 0 atom stereocenters. The minimum atomic E-state index is 0.515. The van der Waals surface area contributed by atoms with Crippen molar-refractivity contribution in [3.05, 3.63) is 41.3 Å². The standard InChI is InChI=1S/C12H15NO/c1-10(2)5-4-8-14-12-7-6-11(3)9-13-12/h4,6-7,9H,8H2,1-3H3. The molecule has 14 heavy (non-hydrogen) atoms. The molecule has 0 aliphatic carbocycles. The van der Waals surface area contributed by atoms with Crippen molar-refractivity contribution in [2.75, 3.05) is 6.61 Å². The van der Waals surface area contributed by atoms with Crippen LogP contribution < -0.4 is 4.74 Å². The number of pyridine rings is 1. The van der Waals surface area contributed by atoms with E-state index in [2.05, 4.69) is 10.7 Å². The van der Waals surface area contributed by atoms with E-state index in [1.165, 1.54) is 0 Å². The van der Waals surface area contributed by atoms with E-state index in [1.54, 1.807) is 6.20 Å². The van der Waals surface area contributed by atoms with Crippen molar-refractivity contribution in [3.8, 4) is 5.88 Å². The van der Waals surface area contributed by atoms with Gasteiger partial charge < -0.3 is 4.74 Å². The highest BCUT2D eigenvalue weighted by atomic mass is 16.5. The predicted molar refractivity (Wildman–Crippen MR) is 57.4 cm³/mol. The summed E-state index contributed by atoms with van der Waals surface area (Å²) in [6, 6.07) is 3.85. The molecule has 0 aromatic carbocycles. The molecule has 1 aromatic heterocycles. The van der Waals surface area contributed by atoms with E-state index >= 15 is 0 Å². The van der Waals surface area contributed by atoms with Crippen molar-refractivity contribution in [1.82, 2.24) is 4.98 Å². The third-order valence-electron chi connectivity index (χ3n) is 1.59. The predicted octanol–water partition coefficient (Wildman–Crippen LogP) is 2.89. The summed E-state index contributed by atoms with van der Waals surface area (Å²) < 4.78 is 5.37. The number of hydrogen-bond acceptors (Lipinski definition) is 2. The maximum atomic E-state index is 5.37. The zero-order chi connectivity index (χ0) is 10.4. The molecule has 0 aliphatic heterocycles. The molecule has 0 saturated heterocycles. The van der Waals surface area contributed by atoms with Gasteiger partial charge in [0.2, 0.25) is 5.88 Å². The van der Waals surface area contributed by atoms with Gasteiger partial charge in [0, 0.05) is 12.3 Å². The van der Waals surface area contributed by atoms with Gasteiger partial charge in [-0.15, -0.1) is 5.73 Å². The lowest BCUT2D eigenvalue weighted by atomic mass is 10.3. The fourth-order valence-corrected chi connectivity index (χ4v) is 0.912. The van der Waals surface area contributed by atoms with Crippen LogP contribution in [0.2, 0.25) is 0 Å².